The molecule has 0 atom stereocenters. The number of esters is 2. The summed E-state index contributed by atoms with van der Waals surface area (Å²) < 4.78 is 9.67. The molecule has 0 spiro atoms. The van der Waals surface area contributed by atoms with E-state index in [0.29, 0.717) is 6.42 Å². The van der Waals surface area contributed by atoms with Crippen LogP contribution in [0.5, 0.6) is 0 Å². The van der Waals surface area contributed by atoms with Crippen molar-refractivity contribution in [3.63, 3.8) is 0 Å². The van der Waals surface area contributed by atoms with Crippen molar-refractivity contribution in [3.05, 3.63) is 0 Å². The van der Waals surface area contributed by atoms with Gasteiger partial charge in [-0.3, -0.25) is 9.59 Å². The summed E-state index contributed by atoms with van der Waals surface area (Å²) in [6, 6.07) is 0. The van der Waals surface area contributed by atoms with E-state index >= 15 is 0 Å². The van der Waals surface area contributed by atoms with Gasteiger partial charge < -0.3 is 15.2 Å². The molecule has 0 unspecified atom stereocenters. The van der Waals surface area contributed by atoms with Crippen LogP contribution in [0.25, 0.3) is 0 Å². The standard InChI is InChI=1S/C14H27NO4/c1-14(2,3)13(17)19-11-18-12(16)9-7-5-4-6-8-10-15/h4-11,15H2,1-3H3. The van der Waals surface area contributed by atoms with Crippen molar-refractivity contribution in [2.24, 2.45) is 11.1 Å². The van der Waals surface area contributed by atoms with Gasteiger partial charge in [0.25, 0.3) is 0 Å². The van der Waals surface area contributed by atoms with Crippen LogP contribution in [0.4, 0.5) is 0 Å². The third kappa shape index (κ3) is 10.5. The van der Waals surface area contributed by atoms with E-state index in [1.54, 1.807) is 20.8 Å². The second-order valence-electron chi connectivity index (χ2n) is 5.62. The Bertz CT molecular complexity index is 271. The van der Waals surface area contributed by atoms with Crippen molar-refractivity contribution < 1.29 is 19.1 Å². The molecule has 0 radical (unpaired) electrons. The Balaban J connectivity index is 3.48. The SMILES string of the molecule is CC(C)(C)C(=O)OCOC(=O)CCCCCCCN. The maximum absolute atomic E-state index is 11.4. The third-order valence-corrected chi connectivity index (χ3v) is 2.61. The molecule has 19 heavy (non-hydrogen) atoms. The molecule has 0 fully saturated rings. The number of nitrogens with two attached hydrogens (primary N) is 1. The van der Waals surface area contributed by atoms with Crippen LogP contribution in [0.2, 0.25) is 0 Å². The van der Waals surface area contributed by atoms with Crippen molar-refractivity contribution in [3.8, 4) is 0 Å². The van der Waals surface area contributed by atoms with Crippen molar-refractivity contribution >= 4 is 11.9 Å². The number of hydrogen-bond acceptors (Lipinski definition) is 5. The topological polar surface area (TPSA) is 78.6 Å². The predicted octanol–water partition coefficient (Wildman–Crippen LogP) is 2.38. The van der Waals surface area contributed by atoms with Gasteiger partial charge in [-0.05, 0) is 40.2 Å². The first kappa shape index (κ1) is 17.9. The van der Waals surface area contributed by atoms with Crippen LogP contribution in [-0.4, -0.2) is 25.3 Å². The van der Waals surface area contributed by atoms with Gasteiger partial charge in [-0.15, -0.1) is 0 Å². The van der Waals surface area contributed by atoms with Crippen molar-refractivity contribution in [1.29, 1.82) is 0 Å². The molecule has 2 N–H and O–H groups in total. The molecule has 5 nitrogen and oxygen atoms in total. The Morgan fingerprint density at radius 3 is 2.11 bits per heavy atom. The molecule has 0 saturated heterocycles. The number of hydrogen-bond donors (Lipinski definition) is 1. The summed E-state index contributed by atoms with van der Waals surface area (Å²) in [5.74, 6) is -0.692. The Kier molecular flexibility index (Phi) is 9.21. The second kappa shape index (κ2) is 9.78. The lowest BCUT2D eigenvalue weighted by Gasteiger charge is -2.16. The van der Waals surface area contributed by atoms with Crippen molar-refractivity contribution in [2.75, 3.05) is 13.3 Å². The Labute approximate surface area is 115 Å². The predicted molar refractivity (Wildman–Crippen MR) is 73.3 cm³/mol. The fourth-order valence-electron chi connectivity index (χ4n) is 1.38. The highest BCUT2D eigenvalue weighted by Gasteiger charge is 2.23. The highest BCUT2D eigenvalue weighted by molar-refractivity contribution is 5.75. The van der Waals surface area contributed by atoms with E-state index in [1.165, 1.54) is 0 Å². The quantitative estimate of drug-likeness (QED) is 0.396. The largest absolute Gasteiger partial charge is 0.428 e. The van der Waals surface area contributed by atoms with Crippen LogP contribution in [0, 0.1) is 5.41 Å². The minimum absolute atomic E-state index is 0.290. The maximum atomic E-state index is 11.4. The smallest absolute Gasteiger partial charge is 0.314 e. The molecule has 0 heterocycles. The molecule has 0 aromatic heterocycles. The van der Waals surface area contributed by atoms with Crippen LogP contribution in [-0.2, 0) is 19.1 Å². The minimum Gasteiger partial charge on any atom is -0.428 e. The first-order chi connectivity index (χ1) is 8.88. The number of carbonyl (C=O) groups excluding carboxylic acids is 2. The zero-order chi connectivity index (χ0) is 14.7. The van der Waals surface area contributed by atoms with E-state index in [9.17, 15) is 9.59 Å². The van der Waals surface area contributed by atoms with Crippen LogP contribution in [0.15, 0.2) is 0 Å². The zero-order valence-electron chi connectivity index (χ0n) is 12.4. The Morgan fingerprint density at radius 1 is 0.947 bits per heavy atom. The summed E-state index contributed by atoms with van der Waals surface area (Å²) >= 11 is 0. The van der Waals surface area contributed by atoms with Crippen LogP contribution in [0.3, 0.4) is 0 Å². The van der Waals surface area contributed by atoms with Crippen LogP contribution < -0.4 is 5.73 Å². The zero-order valence-corrected chi connectivity index (χ0v) is 12.4. The molecule has 0 rings (SSSR count). The molecule has 5 heteroatoms. The van der Waals surface area contributed by atoms with E-state index in [2.05, 4.69) is 0 Å². The molecule has 0 saturated carbocycles. The van der Waals surface area contributed by atoms with E-state index in [0.717, 1.165) is 38.6 Å². The number of ether oxygens (including phenoxy) is 2. The van der Waals surface area contributed by atoms with E-state index in [-0.39, 0.29) is 18.7 Å². The lowest BCUT2D eigenvalue weighted by molar-refractivity contribution is -0.173. The van der Waals surface area contributed by atoms with Gasteiger partial charge in [-0.25, -0.2) is 0 Å². The summed E-state index contributed by atoms with van der Waals surface area (Å²) in [7, 11) is 0. The fourth-order valence-corrected chi connectivity index (χ4v) is 1.38. The molecule has 0 aromatic rings. The van der Waals surface area contributed by atoms with Gasteiger partial charge in [0.05, 0.1) is 5.41 Å². The summed E-state index contributed by atoms with van der Waals surface area (Å²) in [5.41, 5.74) is 4.81. The Morgan fingerprint density at radius 2 is 1.53 bits per heavy atom. The molecular formula is C14H27NO4. The van der Waals surface area contributed by atoms with Gasteiger partial charge in [0.15, 0.2) is 0 Å². The Hall–Kier alpha value is -1.10. The summed E-state index contributed by atoms with van der Waals surface area (Å²) in [6.45, 7) is 5.68. The monoisotopic (exact) mass is 273 g/mol. The average Bonchev–Trinajstić information content (AvgIpc) is 2.32. The second-order valence-corrected chi connectivity index (χ2v) is 5.62. The van der Waals surface area contributed by atoms with Gasteiger partial charge >= 0.3 is 11.9 Å². The lowest BCUT2D eigenvalue weighted by atomic mass is 9.98. The third-order valence-electron chi connectivity index (χ3n) is 2.61. The van der Waals surface area contributed by atoms with E-state index in [1.807, 2.05) is 0 Å². The van der Waals surface area contributed by atoms with Crippen molar-refractivity contribution in [1.82, 2.24) is 0 Å². The summed E-state index contributed by atoms with van der Waals surface area (Å²) in [4.78, 5) is 22.7. The van der Waals surface area contributed by atoms with Crippen LogP contribution >= 0.6 is 0 Å². The lowest BCUT2D eigenvalue weighted by Crippen LogP contribution is -2.24. The van der Waals surface area contributed by atoms with E-state index in [4.69, 9.17) is 15.2 Å². The van der Waals surface area contributed by atoms with Gasteiger partial charge in [0.2, 0.25) is 6.79 Å². The number of carbonyl (C=O) groups is 2. The molecule has 0 aromatic carbocycles. The molecular weight excluding hydrogens is 246 g/mol. The van der Waals surface area contributed by atoms with Gasteiger partial charge in [-0.1, -0.05) is 19.3 Å². The summed E-state index contributed by atoms with van der Waals surface area (Å²) in [5, 5.41) is 0. The minimum atomic E-state index is -0.574. The van der Waals surface area contributed by atoms with Gasteiger partial charge in [0.1, 0.15) is 0 Å². The summed E-state index contributed by atoms with van der Waals surface area (Å²) in [6.07, 6.45) is 5.40. The first-order valence-electron chi connectivity index (χ1n) is 6.91. The highest BCUT2D eigenvalue weighted by Crippen LogP contribution is 2.15. The number of unbranched alkanes of at least 4 members (excludes halogenated alkanes) is 4. The van der Waals surface area contributed by atoms with Crippen LogP contribution in [0.1, 0.15) is 59.3 Å². The van der Waals surface area contributed by atoms with Crippen molar-refractivity contribution in [2.45, 2.75) is 59.3 Å². The van der Waals surface area contributed by atoms with E-state index < -0.39 is 5.41 Å². The molecule has 0 amide bonds. The molecule has 0 aliphatic carbocycles. The maximum Gasteiger partial charge on any atom is 0.314 e. The normalized spacial score (nSPS) is 11.2. The fraction of sp³-hybridized carbons (Fsp3) is 0.857. The molecule has 0 aliphatic rings. The molecule has 0 aliphatic heterocycles. The average molecular weight is 273 g/mol. The van der Waals surface area contributed by atoms with Gasteiger partial charge in [0, 0.05) is 6.42 Å². The van der Waals surface area contributed by atoms with Gasteiger partial charge in [-0.2, -0.15) is 0 Å². The molecule has 112 valence electrons. The first-order valence-corrected chi connectivity index (χ1v) is 6.91. The highest BCUT2D eigenvalue weighted by atomic mass is 16.7. The molecule has 0 bridgehead atoms. The number of rotatable bonds is 9.